The molecule has 1 unspecified atom stereocenters. The van der Waals surface area contributed by atoms with Crippen LogP contribution < -0.4 is 9.46 Å². The second-order valence-electron chi connectivity index (χ2n) is 4.57. The zero-order valence-electron chi connectivity index (χ0n) is 11.7. The highest BCUT2D eigenvalue weighted by Crippen LogP contribution is 2.20. The van der Waals surface area contributed by atoms with E-state index in [1.165, 1.54) is 19.2 Å². The number of halogens is 1. The number of hydrogen-bond acceptors (Lipinski definition) is 3. The standard InChI is InChI=1S/C15H16ClNO3S/c1-11(12-3-5-13(16)6-4-12)17-21(18,19)15-9-7-14(20-2)8-10-15/h3-11,17H,1-2H3. The van der Waals surface area contributed by atoms with E-state index in [9.17, 15) is 8.42 Å². The minimum absolute atomic E-state index is 0.198. The zero-order chi connectivity index (χ0) is 15.5. The molecule has 6 heteroatoms. The molecule has 1 atom stereocenters. The van der Waals surface area contributed by atoms with Gasteiger partial charge in [0.05, 0.1) is 12.0 Å². The molecule has 4 nitrogen and oxygen atoms in total. The zero-order valence-corrected chi connectivity index (χ0v) is 13.3. The van der Waals surface area contributed by atoms with Crippen LogP contribution in [0.3, 0.4) is 0 Å². The molecule has 0 saturated heterocycles. The molecule has 0 saturated carbocycles. The van der Waals surface area contributed by atoms with E-state index in [1.807, 2.05) is 0 Å². The molecule has 21 heavy (non-hydrogen) atoms. The second kappa shape index (κ2) is 6.47. The minimum Gasteiger partial charge on any atom is -0.497 e. The summed E-state index contributed by atoms with van der Waals surface area (Å²) in [5.74, 6) is 0.611. The lowest BCUT2D eigenvalue weighted by Crippen LogP contribution is -2.26. The third-order valence-electron chi connectivity index (χ3n) is 3.07. The summed E-state index contributed by atoms with van der Waals surface area (Å²) < 4.78 is 32.3. The number of nitrogens with one attached hydrogen (secondary N) is 1. The van der Waals surface area contributed by atoms with Crippen LogP contribution in [0.5, 0.6) is 5.75 Å². The molecule has 0 spiro atoms. The number of ether oxygens (including phenoxy) is 1. The smallest absolute Gasteiger partial charge is 0.241 e. The van der Waals surface area contributed by atoms with E-state index in [0.717, 1.165) is 5.56 Å². The summed E-state index contributed by atoms with van der Waals surface area (Å²) in [6.45, 7) is 1.78. The summed E-state index contributed by atoms with van der Waals surface area (Å²) in [6, 6.07) is 12.9. The summed E-state index contributed by atoms with van der Waals surface area (Å²) in [5.41, 5.74) is 0.844. The summed E-state index contributed by atoms with van der Waals surface area (Å²) in [7, 11) is -2.05. The van der Waals surface area contributed by atoms with Crippen LogP contribution in [0, 0.1) is 0 Å². The number of rotatable bonds is 5. The molecule has 0 radical (unpaired) electrons. The summed E-state index contributed by atoms with van der Waals surface area (Å²) in [6.07, 6.45) is 0. The Balaban J connectivity index is 2.17. The molecule has 0 amide bonds. The van der Waals surface area contributed by atoms with Crippen molar-refractivity contribution >= 4 is 21.6 Å². The SMILES string of the molecule is COc1ccc(S(=O)(=O)NC(C)c2ccc(Cl)cc2)cc1. The molecule has 2 rings (SSSR count). The first-order valence-corrected chi connectivity index (χ1v) is 8.20. The lowest BCUT2D eigenvalue weighted by Gasteiger charge is -2.15. The van der Waals surface area contributed by atoms with Crippen LogP contribution in [-0.4, -0.2) is 15.5 Å². The molecule has 0 fully saturated rings. The Morgan fingerprint density at radius 1 is 1.05 bits per heavy atom. The summed E-state index contributed by atoms with van der Waals surface area (Å²) in [4.78, 5) is 0.198. The van der Waals surface area contributed by atoms with E-state index in [4.69, 9.17) is 16.3 Å². The van der Waals surface area contributed by atoms with Crippen molar-refractivity contribution < 1.29 is 13.2 Å². The lowest BCUT2D eigenvalue weighted by molar-refractivity contribution is 0.414. The van der Waals surface area contributed by atoms with Crippen LogP contribution in [0.4, 0.5) is 0 Å². The van der Waals surface area contributed by atoms with Crippen molar-refractivity contribution in [3.8, 4) is 5.75 Å². The fourth-order valence-corrected chi connectivity index (χ4v) is 3.23. The molecule has 0 aliphatic carbocycles. The Kier molecular flexibility index (Phi) is 4.88. The third kappa shape index (κ3) is 3.97. The van der Waals surface area contributed by atoms with Crippen molar-refractivity contribution in [1.82, 2.24) is 4.72 Å². The molecule has 0 aromatic heterocycles. The van der Waals surface area contributed by atoms with Crippen LogP contribution in [0.25, 0.3) is 0 Å². The van der Waals surface area contributed by atoms with Gasteiger partial charge >= 0.3 is 0 Å². The van der Waals surface area contributed by atoms with Gasteiger partial charge in [-0.1, -0.05) is 23.7 Å². The number of benzene rings is 2. The first-order chi connectivity index (χ1) is 9.92. The molecule has 2 aromatic rings. The van der Waals surface area contributed by atoms with E-state index >= 15 is 0 Å². The van der Waals surface area contributed by atoms with E-state index in [1.54, 1.807) is 43.3 Å². The molecular weight excluding hydrogens is 310 g/mol. The maximum atomic E-state index is 12.3. The van der Waals surface area contributed by atoms with Gasteiger partial charge in [0.1, 0.15) is 5.75 Å². The first-order valence-electron chi connectivity index (χ1n) is 6.34. The van der Waals surface area contributed by atoms with Crippen LogP contribution >= 0.6 is 11.6 Å². The first kappa shape index (κ1) is 15.8. The average Bonchev–Trinajstić information content (AvgIpc) is 2.47. The Labute approximate surface area is 129 Å². The van der Waals surface area contributed by atoms with E-state index in [0.29, 0.717) is 10.8 Å². The van der Waals surface area contributed by atoms with Crippen molar-refractivity contribution in [3.05, 3.63) is 59.1 Å². The van der Waals surface area contributed by atoms with Crippen molar-refractivity contribution in [2.24, 2.45) is 0 Å². The average molecular weight is 326 g/mol. The summed E-state index contributed by atoms with van der Waals surface area (Å²) in [5, 5.41) is 0.615. The maximum Gasteiger partial charge on any atom is 0.241 e. The van der Waals surface area contributed by atoms with Crippen molar-refractivity contribution in [2.45, 2.75) is 17.9 Å². The third-order valence-corrected chi connectivity index (χ3v) is 4.88. The number of methoxy groups -OCH3 is 1. The lowest BCUT2D eigenvalue weighted by atomic mass is 10.1. The van der Waals surface area contributed by atoms with Gasteiger partial charge in [-0.3, -0.25) is 0 Å². The Morgan fingerprint density at radius 2 is 1.62 bits per heavy atom. The predicted molar refractivity (Wildman–Crippen MR) is 83.2 cm³/mol. The molecule has 1 N–H and O–H groups in total. The van der Waals surface area contributed by atoms with E-state index in [-0.39, 0.29) is 10.9 Å². The maximum absolute atomic E-state index is 12.3. The van der Waals surface area contributed by atoms with Gasteiger partial charge in [0.2, 0.25) is 10.0 Å². The monoisotopic (exact) mass is 325 g/mol. The van der Waals surface area contributed by atoms with Gasteiger partial charge in [0, 0.05) is 11.1 Å². The van der Waals surface area contributed by atoms with Crippen LogP contribution in [0.15, 0.2) is 53.4 Å². The van der Waals surface area contributed by atoms with Gasteiger partial charge in [0.25, 0.3) is 0 Å². The number of sulfonamides is 1. The van der Waals surface area contributed by atoms with Crippen molar-refractivity contribution in [1.29, 1.82) is 0 Å². The van der Waals surface area contributed by atoms with Gasteiger partial charge in [-0.25, -0.2) is 13.1 Å². The van der Waals surface area contributed by atoms with Gasteiger partial charge in [0.15, 0.2) is 0 Å². The quantitative estimate of drug-likeness (QED) is 0.916. The Bertz CT molecular complexity index is 697. The van der Waals surface area contributed by atoms with Gasteiger partial charge in [-0.05, 0) is 48.9 Å². The normalized spacial score (nSPS) is 12.9. The topological polar surface area (TPSA) is 55.4 Å². The molecule has 2 aromatic carbocycles. The molecule has 0 aliphatic rings. The highest BCUT2D eigenvalue weighted by atomic mass is 35.5. The van der Waals surface area contributed by atoms with Crippen molar-refractivity contribution in [3.63, 3.8) is 0 Å². The number of hydrogen-bond donors (Lipinski definition) is 1. The highest BCUT2D eigenvalue weighted by molar-refractivity contribution is 7.89. The highest BCUT2D eigenvalue weighted by Gasteiger charge is 2.18. The second-order valence-corrected chi connectivity index (χ2v) is 6.72. The molecule has 0 aliphatic heterocycles. The fraction of sp³-hybridized carbons (Fsp3) is 0.200. The van der Waals surface area contributed by atoms with Gasteiger partial charge in [-0.15, -0.1) is 0 Å². The van der Waals surface area contributed by atoms with Crippen LogP contribution in [-0.2, 0) is 10.0 Å². The largest absolute Gasteiger partial charge is 0.497 e. The van der Waals surface area contributed by atoms with Crippen LogP contribution in [0.1, 0.15) is 18.5 Å². The minimum atomic E-state index is -3.58. The molecule has 0 heterocycles. The van der Waals surface area contributed by atoms with Gasteiger partial charge < -0.3 is 4.74 Å². The van der Waals surface area contributed by atoms with Gasteiger partial charge in [-0.2, -0.15) is 0 Å². The van der Waals surface area contributed by atoms with Crippen molar-refractivity contribution in [2.75, 3.05) is 7.11 Å². The molecular formula is C15H16ClNO3S. The molecule has 112 valence electrons. The molecule has 0 bridgehead atoms. The fourth-order valence-electron chi connectivity index (χ4n) is 1.88. The Hall–Kier alpha value is -1.56. The van der Waals surface area contributed by atoms with E-state index < -0.39 is 10.0 Å². The Morgan fingerprint density at radius 3 is 2.14 bits per heavy atom. The van der Waals surface area contributed by atoms with E-state index in [2.05, 4.69) is 4.72 Å². The summed E-state index contributed by atoms with van der Waals surface area (Å²) >= 11 is 5.82. The predicted octanol–water partition coefficient (Wildman–Crippen LogP) is 3.39. The van der Waals surface area contributed by atoms with Crippen LogP contribution in [0.2, 0.25) is 5.02 Å².